The lowest BCUT2D eigenvalue weighted by atomic mass is 10.2. The number of aryl methyl sites for hydroxylation is 1. The van der Waals surface area contributed by atoms with Crippen LogP contribution in [0.3, 0.4) is 0 Å². The second-order valence-corrected chi connectivity index (χ2v) is 4.64. The van der Waals surface area contributed by atoms with Gasteiger partial charge in [-0.25, -0.2) is 4.98 Å². The van der Waals surface area contributed by atoms with Gasteiger partial charge in [0.25, 0.3) is 0 Å². The molecule has 0 amide bonds. The lowest BCUT2D eigenvalue weighted by Crippen LogP contribution is -1.76. The van der Waals surface area contributed by atoms with E-state index in [4.69, 9.17) is 4.42 Å². The fourth-order valence-electron chi connectivity index (χ4n) is 1.18. The maximum Gasteiger partial charge on any atom is 0.191 e. The van der Waals surface area contributed by atoms with Crippen molar-refractivity contribution in [1.82, 2.24) is 4.98 Å². The minimum Gasteiger partial charge on any atom is -0.441 e. The molecule has 0 radical (unpaired) electrons. The predicted octanol–water partition coefficient (Wildman–Crippen LogP) is 4.18. The van der Waals surface area contributed by atoms with Gasteiger partial charge in [-0.1, -0.05) is 15.9 Å². The number of hydrogen-bond donors (Lipinski definition) is 0. The van der Waals surface area contributed by atoms with E-state index in [9.17, 15) is 0 Å². The standard InChI is InChI=1S/C10H7Br2NO/c1-6-13-5-10(14-6)8-3-2-7(11)4-9(8)12/h2-5H,1H3. The van der Waals surface area contributed by atoms with Gasteiger partial charge >= 0.3 is 0 Å². The Hall–Kier alpha value is -0.610. The van der Waals surface area contributed by atoms with E-state index >= 15 is 0 Å². The molecule has 4 heteroatoms. The van der Waals surface area contributed by atoms with Gasteiger partial charge in [0, 0.05) is 21.4 Å². The van der Waals surface area contributed by atoms with Crippen LogP contribution in [0.2, 0.25) is 0 Å². The highest BCUT2D eigenvalue weighted by molar-refractivity contribution is 9.11. The summed E-state index contributed by atoms with van der Waals surface area (Å²) in [5.41, 5.74) is 1.01. The van der Waals surface area contributed by atoms with Gasteiger partial charge in [-0.05, 0) is 34.1 Å². The molecule has 0 atom stereocenters. The number of rotatable bonds is 1. The third-order valence-electron chi connectivity index (χ3n) is 1.82. The van der Waals surface area contributed by atoms with Crippen LogP contribution < -0.4 is 0 Å². The highest BCUT2D eigenvalue weighted by Gasteiger charge is 2.07. The topological polar surface area (TPSA) is 26.0 Å². The second kappa shape index (κ2) is 3.87. The van der Waals surface area contributed by atoms with E-state index in [1.54, 1.807) is 6.20 Å². The summed E-state index contributed by atoms with van der Waals surface area (Å²) in [6, 6.07) is 5.93. The largest absolute Gasteiger partial charge is 0.441 e. The molecule has 0 saturated heterocycles. The van der Waals surface area contributed by atoms with Crippen molar-refractivity contribution in [3.63, 3.8) is 0 Å². The van der Waals surface area contributed by atoms with Crippen molar-refractivity contribution in [2.24, 2.45) is 0 Å². The van der Waals surface area contributed by atoms with Gasteiger partial charge in [0.2, 0.25) is 0 Å². The second-order valence-electron chi connectivity index (χ2n) is 2.87. The molecular formula is C10H7Br2NO. The molecule has 0 N–H and O–H groups in total. The number of nitrogens with zero attached hydrogens (tertiary/aromatic N) is 1. The van der Waals surface area contributed by atoms with Crippen LogP contribution in [0, 0.1) is 6.92 Å². The monoisotopic (exact) mass is 315 g/mol. The normalized spacial score (nSPS) is 10.5. The minimum atomic E-state index is 0.676. The highest BCUT2D eigenvalue weighted by Crippen LogP contribution is 2.30. The molecule has 0 aliphatic rings. The van der Waals surface area contributed by atoms with Crippen LogP contribution >= 0.6 is 31.9 Å². The van der Waals surface area contributed by atoms with E-state index in [1.165, 1.54) is 0 Å². The summed E-state index contributed by atoms with van der Waals surface area (Å²) < 4.78 is 7.45. The summed E-state index contributed by atoms with van der Waals surface area (Å²) in [5, 5.41) is 0. The molecular weight excluding hydrogens is 310 g/mol. The third-order valence-corrected chi connectivity index (χ3v) is 2.97. The summed E-state index contributed by atoms with van der Waals surface area (Å²) >= 11 is 6.87. The van der Waals surface area contributed by atoms with Crippen molar-refractivity contribution >= 4 is 31.9 Å². The smallest absolute Gasteiger partial charge is 0.191 e. The number of benzene rings is 1. The highest BCUT2D eigenvalue weighted by atomic mass is 79.9. The summed E-state index contributed by atoms with van der Waals surface area (Å²) in [4.78, 5) is 4.06. The van der Waals surface area contributed by atoms with Crippen LogP contribution in [-0.2, 0) is 0 Å². The van der Waals surface area contributed by atoms with Crippen LogP contribution in [0.25, 0.3) is 11.3 Å². The van der Waals surface area contributed by atoms with Crippen molar-refractivity contribution in [1.29, 1.82) is 0 Å². The van der Waals surface area contributed by atoms with Crippen LogP contribution in [0.5, 0.6) is 0 Å². The van der Waals surface area contributed by atoms with Crippen molar-refractivity contribution in [2.75, 3.05) is 0 Å². The zero-order valence-corrected chi connectivity index (χ0v) is 10.6. The molecule has 0 bridgehead atoms. The van der Waals surface area contributed by atoms with E-state index in [0.29, 0.717) is 5.89 Å². The summed E-state index contributed by atoms with van der Waals surface area (Å²) in [7, 11) is 0. The molecule has 2 rings (SSSR count). The first kappa shape index (κ1) is 9.93. The lowest BCUT2D eigenvalue weighted by Gasteiger charge is -2.00. The van der Waals surface area contributed by atoms with Gasteiger partial charge in [-0.2, -0.15) is 0 Å². The zero-order valence-electron chi connectivity index (χ0n) is 7.42. The molecule has 14 heavy (non-hydrogen) atoms. The summed E-state index contributed by atoms with van der Waals surface area (Å²) in [6.07, 6.45) is 1.73. The fourth-order valence-corrected chi connectivity index (χ4v) is 2.42. The fraction of sp³-hybridized carbons (Fsp3) is 0.100. The van der Waals surface area contributed by atoms with E-state index in [1.807, 2.05) is 25.1 Å². The molecule has 2 nitrogen and oxygen atoms in total. The van der Waals surface area contributed by atoms with Crippen molar-refractivity contribution in [3.8, 4) is 11.3 Å². The predicted molar refractivity (Wildman–Crippen MR) is 62.1 cm³/mol. The van der Waals surface area contributed by atoms with Crippen LogP contribution in [0.15, 0.2) is 37.8 Å². The van der Waals surface area contributed by atoms with Crippen LogP contribution in [-0.4, -0.2) is 4.98 Å². The molecule has 72 valence electrons. The summed E-state index contributed by atoms with van der Waals surface area (Å²) in [6.45, 7) is 1.83. The Labute approximate surface area is 98.6 Å². The molecule has 1 heterocycles. The lowest BCUT2D eigenvalue weighted by molar-refractivity contribution is 0.534. The Kier molecular flexibility index (Phi) is 2.74. The van der Waals surface area contributed by atoms with Gasteiger partial charge in [0.1, 0.15) is 0 Å². The Morgan fingerprint density at radius 2 is 2.07 bits per heavy atom. The first-order valence-corrected chi connectivity index (χ1v) is 5.63. The SMILES string of the molecule is Cc1ncc(-c2ccc(Br)cc2Br)o1. The molecule has 0 aliphatic carbocycles. The number of hydrogen-bond acceptors (Lipinski definition) is 2. The van der Waals surface area contributed by atoms with Crippen molar-refractivity contribution < 1.29 is 4.42 Å². The van der Waals surface area contributed by atoms with E-state index < -0.39 is 0 Å². The minimum absolute atomic E-state index is 0.676. The molecule has 0 aliphatic heterocycles. The zero-order chi connectivity index (χ0) is 10.1. The third kappa shape index (κ3) is 1.91. The first-order valence-electron chi connectivity index (χ1n) is 4.04. The maximum atomic E-state index is 5.43. The number of halogens is 2. The Morgan fingerprint density at radius 3 is 2.64 bits per heavy atom. The Bertz CT molecular complexity index is 465. The van der Waals surface area contributed by atoms with Gasteiger partial charge in [-0.15, -0.1) is 0 Å². The van der Waals surface area contributed by atoms with E-state index in [2.05, 4.69) is 36.8 Å². The van der Waals surface area contributed by atoms with Crippen LogP contribution in [0.1, 0.15) is 5.89 Å². The van der Waals surface area contributed by atoms with Gasteiger partial charge in [0.15, 0.2) is 11.7 Å². The molecule has 0 unspecified atom stereocenters. The molecule has 1 aromatic heterocycles. The maximum absolute atomic E-state index is 5.43. The van der Waals surface area contributed by atoms with Crippen LogP contribution in [0.4, 0.5) is 0 Å². The Morgan fingerprint density at radius 1 is 1.29 bits per heavy atom. The van der Waals surface area contributed by atoms with Gasteiger partial charge in [-0.3, -0.25) is 0 Å². The van der Waals surface area contributed by atoms with Gasteiger partial charge in [0.05, 0.1) is 6.20 Å². The molecule has 0 fully saturated rings. The Balaban J connectivity index is 2.52. The van der Waals surface area contributed by atoms with E-state index in [0.717, 1.165) is 20.3 Å². The van der Waals surface area contributed by atoms with Crippen molar-refractivity contribution in [2.45, 2.75) is 6.92 Å². The first-order chi connectivity index (χ1) is 6.66. The molecule has 0 spiro atoms. The molecule has 2 aromatic rings. The van der Waals surface area contributed by atoms with Crippen molar-refractivity contribution in [3.05, 3.63) is 39.2 Å². The number of oxazole rings is 1. The number of aromatic nitrogens is 1. The van der Waals surface area contributed by atoms with Gasteiger partial charge < -0.3 is 4.42 Å². The summed E-state index contributed by atoms with van der Waals surface area (Å²) in [5.74, 6) is 1.46. The molecule has 0 saturated carbocycles. The molecule has 1 aromatic carbocycles. The quantitative estimate of drug-likeness (QED) is 0.789. The average Bonchev–Trinajstić information content (AvgIpc) is 2.51. The average molecular weight is 317 g/mol. The van der Waals surface area contributed by atoms with E-state index in [-0.39, 0.29) is 0 Å².